The van der Waals surface area contributed by atoms with Crippen LogP contribution in [0.15, 0.2) is 23.1 Å². The van der Waals surface area contributed by atoms with Gasteiger partial charge in [0.05, 0.1) is 17.1 Å². The smallest absolute Gasteiger partial charge is 0.253 e. The van der Waals surface area contributed by atoms with Gasteiger partial charge in [0.2, 0.25) is 10.0 Å². The molecule has 1 fully saturated rings. The maximum Gasteiger partial charge on any atom is 0.253 e. The van der Waals surface area contributed by atoms with Crippen LogP contribution in [0.5, 0.6) is 0 Å². The molecule has 1 aliphatic rings. The van der Waals surface area contributed by atoms with E-state index >= 15 is 0 Å². The summed E-state index contributed by atoms with van der Waals surface area (Å²) < 4.78 is 32.0. The van der Waals surface area contributed by atoms with Gasteiger partial charge in [-0.3, -0.25) is 4.79 Å². The molecule has 8 nitrogen and oxygen atoms in total. The summed E-state index contributed by atoms with van der Waals surface area (Å²) >= 11 is 0. The van der Waals surface area contributed by atoms with Crippen molar-refractivity contribution in [2.24, 2.45) is 5.92 Å². The van der Waals surface area contributed by atoms with E-state index in [9.17, 15) is 13.2 Å². The van der Waals surface area contributed by atoms with Crippen molar-refractivity contribution >= 4 is 21.6 Å². The average Bonchev–Trinajstić information content (AvgIpc) is 2.61. The number of benzene rings is 1. The van der Waals surface area contributed by atoms with Crippen molar-refractivity contribution < 1.29 is 17.9 Å². The maximum atomic E-state index is 12.8. The molecule has 0 saturated carbocycles. The summed E-state index contributed by atoms with van der Waals surface area (Å²) in [7, 11) is -2.03. The molecular weight excluding hydrogens is 368 g/mol. The molecule has 0 aromatic heterocycles. The molecule has 0 unspecified atom stereocenters. The van der Waals surface area contributed by atoms with E-state index in [1.165, 1.54) is 16.4 Å². The molecule has 3 N–H and O–H groups in total. The molecule has 1 saturated heterocycles. The number of ether oxygens (including phenoxy) is 1. The van der Waals surface area contributed by atoms with Crippen molar-refractivity contribution in [3.63, 3.8) is 0 Å². The van der Waals surface area contributed by atoms with Gasteiger partial charge in [-0.1, -0.05) is 13.8 Å². The Bertz CT molecular complexity index is 731. The minimum absolute atomic E-state index is 0.124. The number of hydrogen-bond acceptors (Lipinski definition) is 6. The first-order chi connectivity index (χ1) is 12.9. The van der Waals surface area contributed by atoms with Gasteiger partial charge >= 0.3 is 0 Å². The molecule has 0 aliphatic carbocycles. The Hall–Kier alpha value is -1.68. The van der Waals surface area contributed by atoms with E-state index in [0.29, 0.717) is 50.0 Å². The SMILES string of the molecule is CCN(CC)S(=O)(=O)c1ccc(NCCOC)c(C(=O)NCC2CNC2)c1. The highest BCUT2D eigenvalue weighted by Gasteiger charge is 2.25. The summed E-state index contributed by atoms with van der Waals surface area (Å²) in [6, 6.07) is 4.64. The summed E-state index contributed by atoms with van der Waals surface area (Å²) in [6.45, 7) is 7.68. The van der Waals surface area contributed by atoms with Crippen LogP contribution in [0, 0.1) is 5.92 Å². The summed E-state index contributed by atoms with van der Waals surface area (Å²) in [5, 5.41) is 9.21. The van der Waals surface area contributed by atoms with E-state index in [-0.39, 0.29) is 10.8 Å². The molecule has 2 rings (SSSR count). The van der Waals surface area contributed by atoms with E-state index < -0.39 is 10.0 Å². The standard InChI is InChI=1S/C18H30N4O4S/c1-4-22(5-2)27(24,25)15-6-7-17(20-8-9-26-3)16(10-15)18(23)21-13-14-11-19-12-14/h6-7,10,14,19-20H,4-5,8-9,11-13H2,1-3H3,(H,21,23). The van der Waals surface area contributed by atoms with Gasteiger partial charge in [0.1, 0.15) is 0 Å². The van der Waals surface area contributed by atoms with Crippen LogP contribution >= 0.6 is 0 Å². The number of methoxy groups -OCH3 is 1. The summed E-state index contributed by atoms with van der Waals surface area (Å²) in [5.41, 5.74) is 0.918. The first-order valence-electron chi connectivity index (χ1n) is 9.29. The van der Waals surface area contributed by atoms with Crippen LogP contribution in [0.4, 0.5) is 5.69 Å². The number of carbonyl (C=O) groups excluding carboxylic acids is 1. The molecule has 1 amide bonds. The molecule has 1 aromatic rings. The maximum absolute atomic E-state index is 12.8. The molecule has 0 atom stereocenters. The van der Waals surface area contributed by atoms with Gasteiger partial charge in [-0.05, 0) is 18.2 Å². The largest absolute Gasteiger partial charge is 0.383 e. The fourth-order valence-electron chi connectivity index (χ4n) is 2.85. The first kappa shape index (κ1) is 21.6. The van der Waals surface area contributed by atoms with Gasteiger partial charge < -0.3 is 20.7 Å². The van der Waals surface area contributed by atoms with Gasteiger partial charge in [-0.15, -0.1) is 0 Å². The van der Waals surface area contributed by atoms with Gasteiger partial charge in [-0.25, -0.2) is 8.42 Å². The minimum atomic E-state index is -3.63. The Balaban J connectivity index is 2.28. The normalized spacial score (nSPS) is 14.8. The zero-order valence-corrected chi connectivity index (χ0v) is 17.1. The molecule has 1 heterocycles. The molecule has 1 aromatic carbocycles. The van der Waals surface area contributed by atoms with E-state index in [1.54, 1.807) is 27.0 Å². The molecule has 0 bridgehead atoms. The number of nitrogens with one attached hydrogen (secondary N) is 3. The predicted molar refractivity (Wildman–Crippen MR) is 106 cm³/mol. The summed E-state index contributed by atoms with van der Waals surface area (Å²) in [5.74, 6) is 0.139. The van der Waals surface area contributed by atoms with Crippen LogP contribution < -0.4 is 16.0 Å². The lowest BCUT2D eigenvalue weighted by atomic mass is 10.0. The lowest BCUT2D eigenvalue weighted by molar-refractivity contribution is 0.0942. The molecule has 0 radical (unpaired) electrons. The topological polar surface area (TPSA) is 99.8 Å². The first-order valence-corrected chi connectivity index (χ1v) is 10.7. The number of hydrogen-bond donors (Lipinski definition) is 3. The average molecular weight is 399 g/mol. The molecule has 0 spiro atoms. The Kier molecular flexibility index (Phi) is 8.03. The monoisotopic (exact) mass is 398 g/mol. The van der Waals surface area contributed by atoms with Gasteiger partial charge in [0.25, 0.3) is 5.91 Å². The van der Waals surface area contributed by atoms with Crippen molar-refractivity contribution in [2.45, 2.75) is 18.7 Å². The quantitative estimate of drug-likeness (QED) is 0.475. The second-order valence-electron chi connectivity index (χ2n) is 6.45. The van der Waals surface area contributed by atoms with Crippen molar-refractivity contribution in [3.05, 3.63) is 23.8 Å². The molecular formula is C18H30N4O4S. The number of amides is 1. The van der Waals surface area contributed by atoms with E-state index in [0.717, 1.165) is 13.1 Å². The second-order valence-corrected chi connectivity index (χ2v) is 8.39. The summed E-state index contributed by atoms with van der Waals surface area (Å²) in [6.07, 6.45) is 0. The van der Waals surface area contributed by atoms with Crippen LogP contribution in [-0.4, -0.2) is 71.6 Å². The highest BCUT2D eigenvalue weighted by Crippen LogP contribution is 2.23. The zero-order valence-electron chi connectivity index (χ0n) is 16.2. The van der Waals surface area contributed by atoms with Crippen molar-refractivity contribution in [1.82, 2.24) is 14.9 Å². The van der Waals surface area contributed by atoms with Crippen LogP contribution in [0.1, 0.15) is 24.2 Å². The zero-order chi connectivity index (χ0) is 19.9. The van der Waals surface area contributed by atoms with Gasteiger partial charge in [-0.2, -0.15) is 4.31 Å². The Labute approximate surface area is 161 Å². The molecule has 9 heteroatoms. The van der Waals surface area contributed by atoms with Crippen LogP contribution in [0.3, 0.4) is 0 Å². The highest BCUT2D eigenvalue weighted by molar-refractivity contribution is 7.89. The van der Waals surface area contributed by atoms with Crippen LogP contribution in [0.25, 0.3) is 0 Å². The fourth-order valence-corrected chi connectivity index (χ4v) is 4.34. The highest BCUT2D eigenvalue weighted by atomic mass is 32.2. The number of nitrogens with zero attached hydrogens (tertiary/aromatic N) is 1. The molecule has 27 heavy (non-hydrogen) atoms. The Morgan fingerprint density at radius 1 is 1.30 bits per heavy atom. The van der Waals surface area contributed by atoms with Crippen molar-refractivity contribution in [1.29, 1.82) is 0 Å². The minimum Gasteiger partial charge on any atom is -0.383 e. The van der Waals surface area contributed by atoms with Crippen molar-refractivity contribution in [3.8, 4) is 0 Å². The Morgan fingerprint density at radius 3 is 2.56 bits per heavy atom. The third kappa shape index (κ3) is 5.41. The number of anilines is 1. The van der Waals surface area contributed by atoms with E-state index in [2.05, 4.69) is 16.0 Å². The molecule has 152 valence electrons. The van der Waals surface area contributed by atoms with Crippen molar-refractivity contribution in [2.75, 3.05) is 58.3 Å². The third-order valence-electron chi connectivity index (χ3n) is 4.62. The predicted octanol–water partition coefficient (Wildman–Crippen LogP) is 0.725. The van der Waals surface area contributed by atoms with E-state index in [1.807, 2.05) is 0 Å². The number of rotatable bonds is 11. The third-order valence-corrected chi connectivity index (χ3v) is 6.66. The van der Waals surface area contributed by atoms with E-state index in [4.69, 9.17) is 4.74 Å². The van der Waals surface area contributed by atoms with Crippen LogP contribution in [-0.2, 0) is 14.8 Å². The lowest BCUT2D eigenvalue weighted by Gasteiger charge is -2.27. The number of sulfonamides is 1. The fraction of sp³-hybridized carbons (Fsp3) is 0.611. The molecule has 1 aliphatic heterocycles. The lowest BCUT2D eigenvalue weighted by Crippen LogP contribution is -2.48. The van der Waals surface area contributed by atoms with Crippen LogP contribution in [0.2, 0.25) is 0 Å². The Morgan fingerprint density at radius 2 is 2.00 bits per heavy atom. The number of carbonyl (C=O) groups is 1. The second kappa shape index (κ2) is 10.0. The van der Waals surface area contributed by atoms with Gasteiger partial charge in [0.15, 0.2) is 0 Å². The van der Waals surface area contributed by atoms with Gasteiger partial charge in [0, 0.05) is 58.0 Å². The summed E-state index contributed by atoms with van der Waals surface area (Å²) in [4.78, 5) is 12.8.